The molecule has 0 radical (unpaired) electrons. The van der Waals surface area contributed by atoms with E-state index in [2.05, 4.69) is 60.9 Å². The van der Waals surface area contributed by atoms with Crippen LogP contribution in [-0.4, -0.2) is 14.9 Å². The van der Waals surface area contributed by atoms with Gasteiger partial charge in [0.1, 0.15) is 17.0 Å². The molecule has 2 heterocycles. The number of nitro benzene ring substituents is 1. The monoisotopic (exact) mass is 440 g/mol. The number of thiophene rings is 1. The number of fused-ring (bicyclic) bond motifs is 1. The fourth-order valence-electron chi connectivity index (χ4n) is 2.77. The van der Waals surface area contributed by atoms with Gasteiger partial charge in [-0.05, 0) is 34.5 Å². The average molecular weight is 441 g/mol. The molecule has 2 aromatic carbocycles. The van der Waals surface area contributed by atoms with Gasteiger partial charge in [-0.3, -0.25) is 10.1 Å². The van der Waals surface area contributed by atoms with Gasteiger partial charge in [0, 0.05) is 27.5 Å². The zero-order chi connectivity index (χ0) is 19.0. The SMILES string of the molecule is Cc1ccc(-c2csc3ncnc(Nc4cc([N+](=O)[O-])ccc4Br)c23)cc1. The maximum atomic E-state index is 11.1. The van der Waals surface area contributed by atoms with Crippen molar-refractivity contribution < 1.29 is 4.92 Å². The fraction of sp³-hybridized carbons (Fsp3) is 0.0526. The summed E-state index contributed by atoms with van der Waals surface area (Å²) in [6.07, 6.45) is 1.49. The van der Waals surface area contributed by atoms with Crippen LogP contribution in [0.2, 0.25) is 0 Å². The molecule has 0 saturated carbocycles. The second-order valence-corrected chi connectivity index (χ2v) is 7.68. The van der Waals surface area contributed by atoms with Gasteiger partial charge in [-0.25, -0.2) is 9.97 Å². The van der Waals surface area contributed by atoms with Crippen molar-refractivity contribution >= 4 is 54.7 Å². The normalized spacial score (nSPS) is 10.9. The van der Waals surface area contributed by atoms with Crippen molar-refractivity contribution in [2.75, 3.05) is 5.32 Å². The van der Waals surface area contributed by atoms with Crippen molar-refractivity contribution in [2.24, 2.45) is 0 Å². The average Bonchev–Trinajstić information content (AvgIpc) is 3.09. The summed E-state index contributed by atoms with van der Waals surface area (Å²) in [7, 11) is 0. The number of non-ortho nitro benzene ring substituents is 1. The first-order valence-electron chi connectivity index (χ1n) is 8.03. The van der Waals surface area contributed by atoms with E-state index in [0.29, 0.717) is 16.0 Å². The Morgan fingerprint density at radius 1 is 1.15 bits per heavy atom. The van der Waals surface area contributed by atoms with Crippen LogP contribution >= 0.6 is 27.3 Å². The van der Waals surface area contributed by atoms with E-state index in [0.717, 1.165) is 21.3 Å². The maximum absolute atomic E-state index is 11.1. The molecule has 2 aromatic heterocycles. The van der Waals surface area contributed by atoms with Gasteiger partial charge in [0.05, 0.1) is 16.0 Å². The van der Waals surface area contributed by atoms with Crippen molar-refractivity contribution in [1.82, 2.24) is 9.97 Å². The molecule has 0 aliphatic rings. The van der Waals surface area contributed by atoms with Gasteiger partial charge in [0.25, 0.3) is 5.69 Å². The highest BCUT2D eigenvalue weighted by atomic mass is 79.9. The Kier molecular flexibility index (Phi) is 4.59. The molecule has 0 saturated heterocycles. The molecule has 0 bridgehead atoms. The predicted molar refractivity (Wildman–Crippen MR) is 112 cm³/mol. The Hall–Kier alpha value is -2.84. The number of nitrogens with one attached hydrogen (secondary N) is 1. The standard InChI is InChI=1S/C19H13BrN4O2S/c1-11-2-4-12(5-3-11)14-9-27-19-17(14)18(21-10-22-19)23-16-8-13(24(25)26)6-7-15(16)20/h2-10H,1H3,(H,21,22,23). The second kappa shape index (κ2) is 7.05. The molecule has 4 rings (SSSR count). The molecule has 0 atom stereocenters. The molecule has 134 valence electrons. The lowest BCUT2D eigenvalue weighted by Crippen LogP contribution is -1.98. The van der Waals surface area contributed by atoms with E-state index in [-0.39, 0.29) is 5.69 Å². The molecule has 27 heavy (non-hydrogen) atoms. The molecule has 4 aromatic rings. The summed E-state index contributed by atoms with van der Waals surface area (Å²) in [5.41, 5.74) is 3.87. The number of nitro groups is 1. The molecule has 0 unspecified atom stereocenters. The van der Waals surface area contributed by atoms with Crippen LogP contribution in [-0.2, 0) is 0 Å². The van der Waals surface area contributed by atoms with Gasteiger partial charge in [0.15, 0.2) is 0 Å². The Labute approximate surface area is 167 Å². The summed E-state index contributed by atoms with van der Waals surface area (Å²) in [6, 6.07) is 12.8. The van der Waals surface area contributed by atoms with Crippen LogP contribution in [0.5, 0.6) is 0 Å². The largest absolute Gasteiger partial charge is 0.338 e. The molecule has 0 fully saturated rings. The number of rotatable bonds is 4. The summed E-state index contributed by atoms with van der Waals surface area (Å²) in [5, 5.41) is 17.3. The fourth-order valence-corrected chi connectivity index (χ4v) is 4.03. The van der Waals surface area contributed by atoms with E-state index in [1.54, 1.807) is 6.07 Å². The van der Waals surface area contributed by atoms with Crippen LogP contribution in [0.1, 0.15) is 5.56 Å². The Morgan fingerprint density at radius 2 is 1.93 bits per heavy atom. The minimum Gasteiger partial charge on any atom is -0.338 e. The number of aromatic nitrogens is 2. The quantitative estimate of drug-likeness (QED) is 0.307. The number of hydrogen-bond acceptors (Lipinski definition) is 6. The molecule has 1 N–H and O–H groups in total. The van der Waals surface area contributed by atoms with Crippen LogP contribution in [0.3, 0.4) is 0 Å². The van der Waals surface area contributed by atoms with Crippen LogP contribution < -0.4 is 5.32 Å². The highest BCUT2D eigenvalue weighted by Gasteiger charge is 2.16. The summed E-state index contributed by atoms with van der Waals surface area (Å²) in [4.78, 5) is 20.3. The van der Waals surface area contributed by atoms with Gasteiger partial charge in [-0.1, -0.05) is 29.8 Å². The smallest absolute Gasteiger partial charge is 0.271 e. The first-order valence-corrected chi connectivity index (χ1v) is 9.70. The minimum atomic E-state index is -0.421. The second-order valence-electron chi connectivity index (χ2n) is 5.96. The lowest BCUT2D eigenvalue weighted by Gasteiger charge is -2.10. The summed E-state index contributed by atoms with van der Waals surface area (Å²) >= 11 is 4.98. The number of hydrogen-bond donors (Lipinski definition) is 1. The van der Waals surface area contributed by atoms with Crippen LogP contribution in [0.25, 0.3) is 21.3 Å². The number of nitrogens with zero attached hydrogens (tertiary/aromatic N) is 3. The van der Waals surface area contributed by atoms with Crippen LogP contribution in [0.4, 0.5) is 17.2 Å². The molecule has 0 spiro atoms. The van der Waals surface area contributed by atoms with Gasteiger partial charge < -0.3 is 5.32 Å². The summed E-state index contributed by atoms with van der Waals surface area (Å²) < 4.78 is 0.715. The van der Waals surface area contributed by atoms with E-state index in [9.17, 15) is 10.1 Å². The molecule has 8 heteroatoms. The van der Waals surface area contributed by atoms with E-state index in [1.165, 1.54) is 35.4 Å². The molecule has 0 amide bonds. The van der Waals surface area contributed by atoms with E-state index in [1.807, 2.05) is 6.92 Å². The Bertz CT molecular complexity index is 1160. The zero-order valence-corrected chi connectivity index (χ0v) is 16.5. The van der Waals surface area contributed by atoms with Crippen LogP contribution in [0, 0.1) is 17.0 Å². The number of benzene rings is 2. The highest BCUT2D eigenvalue weighted by Crippen LogP contribution is 2.38. The van der Waals surface area contributed by atoms with Gasteiger partial charge in [-0.15, -0.1) is 11.3 Å². The lowest BCUT2D eigenvalue weighted by atomic mass is 10.0. The third-order valence-electron chi connectivity index (χ3n) is 4.15. The van der Waals surface area contributed by atoms with E-state index in [4.69, 9.17) is 0 Å². The van der Waals surface area contributed by atoms with Crippen molar-refractivity contribution in [1.29, 1.82) is 0 Å². The van der Waals surface area contributed by atoms with Crippen molar-refractivity contribution in [3.8, 4) is 11.1 Å². The van der Waals surface area contributed by atoms with Gasteiger partial charge in [-0.2, -0.15) is 0 Å². The van der Waals surface area contributed by atoms with Gasteiger partial charge >= 0.3 is 0 Å². The minimum absolute atomic E-state index is 0.00933. The number of anilines is 2. The van der Waals surface area contributed by atoms with Crippen molar-refractivity contribution in [3.05, 3.63) is 74.3 Å². The Morgan fingerprint density at radius 3 is 2.67 bits per heavy atom. The molecule has 0 aliphatic heterocycles. The first kappa shape index (κ1) is 17.6. The maximum Gasteiger partial charge on any atom is 0.271 e. The summed E-state index contributed by atoms with van der Waals surface area (Å²) in [6.45, 7) is 2.05. The highest BCUT2D eigenvalue weighted by molar-refractivity contribution is 9.10. The number of halogens is 1. The molecule has 0 aliphatic carbocycles. The van der Waals surface area contributed by atoms with Crippen LogP contribution in [0.15, 0.2) is 58.6 Å². The topological polar surface area (TPSA) is 81.0 Å². The van der Waals surface area contributed by atoms with Gasteiger partial charge in [0.2, 0.25) is 0 Å². The van der Waals surface area contributed by atoms with E-state index < -0.39 is 4.92 Å². The number of aryl methyl sites for hydroxylation is 1. The zero-order valence-electron chi connectivity index (χ0n) is 14.1. The molecule has 6 nitrogen and oxygen atoms in total. The Balaban J connectivity index is 1.83. The molecular weight excluding hydrogens is 428 g/mol. The summed E-state index contributed by atoms with van der Waals surface area (Å²) in [5.74, 6) is 0.609. The third kappa shape index (κ3) is 3.41. The lowest BCUT2D eigenvalue weighted by molar-refractivity contribution is -0.384. The first-order chi connectivity index (χ1) is 13.0. The molecular formula is C19H13BrN4O2S. The van der Waals surface area contributed by atoms with Crippen molar-refractivity contribution in [3.63, 3.8) is 0 Å². The van der Waals surface area contributed by atoms with Crippen molar-refractivity contribution in [2.45, 2.75) is 6.92 Å². The third-order valence-corrected chi connectivity index (χ3v) is 5.72. The van der Waals surface area contributed by atoms with E-state index >= 15 is 0 Å². The predicted octanol–water partition coefficient (Wildman–Crippen LogP) is 6.08.